The first-order chi connectivity index (χ1) is 18.2. The fraction of sp³-hybridized carbons (Fsp3) is 0.696. The number of thioether (sulfide) groups is 1. The molecule has 0 bridgehead atoms. The maximum atomic E-state index is 12.3. The highest BCUT2D eigenvalue weighted by Crippen LogP contribution is 2.39. The van der Waals surface area contributed by atoms with Crippen LogP contribution < -0.4 is 10.6 Å². The minimum absolute atomic E-state index is 0.145. The molecule has 1 fully saturated rings. The quantitative estimate of drug-likeness (QED) is 0.103. The molecule has 1 saturated carbocycles. The highest BCUT2D eigenvalue weighted by atomic mass is 32.2. The molecule has 2 aromatic rings. The summed E-state index contributed by atoms with van der Waals surface area (Å²) in [5.74, 6) is -2.55. The van der Waals surface area contributed by atoms with Gasteiger partial charge < -0.3 is 31.1 Å². The molecule has 3 rings (SSSR count). The summed E-state index contributed by atoms with van der Waals surface area (Å²) in [5, 5.41) is 54.0. The van der Waals surface area contributed by atoms with Crippen LogP contribution in [0.1, 0.15) is 64.8 Å². The van der Waals surface area contributed by atoms with Crippen molar-refractivity contribution in [2.75, 3.05) is 17.6 Å². The van der Waals surface area contributed by atoms with Crippen molar-refractivity contribution >= 4 is 46.6 Å². The molecular weight excluding hydrogens is 518 g/mol. The average Bonchev–Trinajstić information content (AvgIpc) is 3.41. The summed E-state index contributed by atoms with van der Waals surface area (Å²) in [5.41, 5.74) is 0.898. The number of unbranched alkanes of at least 4 members (excludes halogenated alkanes) is 1. The number of rotatable bonds is 15. The Morgan fingerprint density at radius 2 is 1.89 bits per heavy atom. The van der Waals surface area contributed by atoms with E-state index >= 15 is 0 Å². The summed E-state index contributed by atoms with van der Waals surface area (Å²) in [7, 11) is 0. The van der Waals surface area contributed by atoms with Crippen LogP contribution in [0.15, 0.2) is 5.16 Å². The Kier molecular flexibility index (Phi) is 10.6. The number of amides is 1. The Bertz CT molecular complexity index is 1130. The molecule has 38 heavy (non-hydrogen) atoms. The van der Waals surface area contributed by atoms with E-state index in [4.69, 9.17) is 10.2 Å². The van der Waals surface area contributed by atoms with Crippen LogP contribution in [0, 0.1) is 5.92 Å². The van der Waals surface area contributed by atoms with E-state index in [-0.39, 0.29) is 19.3 Å². The molecule has 1 unspecified atom stereocenters. The van der Waals surface area contributed by atoms with Crippen LogP contribution in [-0.4, -0.2) is 93.8 Å². The molecule has 15 heteroatoms. The number of carbonyl (C=O) groups excluding carboxylic acids is 1. The summed E-state index contributed by atoms with van der Waals surface area (Å²) < 4.78 is 1.50. The second-order valence-corrected chi connectivity index (χ2v) is 10.4. The van der Waals surface area contributed by atoms with Crippen molar-refractivity contribution < 1.29 is 34.8 Å². The molecule has 210 valence electrons. The van der Waals surface area contributed by atoms with Gasteiger partial charge in [-0.25, -0.2) is 19.4 Å². The molecule has 1 aliphatic rings. The molecule has 5 atom stereocenters. The molecule has 1 aliphatic carbocycles. The van der Waals surface area contributed by atoms with Crippen molar-refractivity contribution in [1.82, 2.24) is 30.3 Å². The zero-order valence-corrected chi connectivity index (χ0v) is 22.2. The van der Waals surface area contributed by atoms with E-state index in [2.05, 4.69) is 44.8 Å². The van der Waals surface area contributed by atoms with Gasteiger partial charge in [-0.15, -0.1) is 5.10 Å². The molecule has 6 N–H and O–H groups in total. The molecule has 0 aliphatic heterocycles. The predicted octanol–water partition coefficient (Wildman–Crippen LogP) is 1.04. The van der Waals surface area contributed by atoms with Crippen molar-refractivity contribution in [3.63, 3.8) is 0 Å². The number of fused-ring (bicyclic) bond motifs is 1. The maximum absolute atomic E-state index is 12.3. The Morgan fingerprint density at radius 1 is 1.13 bits per heavy atom. The minimum atomic E-state index is -1.55. The van der Waals surface area contributed by atoms with Crippen LogP contribution in [0.3, 0.4) is 0 Å². The third-order valence-corrected chi connectivity index (χ3v) is 7.45. The van der Waals surface area contributed by atoms with E-state index in [1.165, 1.54) is 16.4 Å². The maximum Gasteiger partial charge on any atom is 0.326 e. The number of aromatic nitrogens is 5. The highest BCUT2D eigenvalue weighted by molar-refractivity contribution is 7.99. The summed E-state index contributed by atoms with van der Waals surface area (Å²) in [6.45, 7) is 4.85. The number of nitrogens with one attached hydrogen (secondary N) is 2. The topological polar surface area (TPSA) is 213 Å². The van der Waals surface area contributed by atoms with E-state index in [1.54, 1.807) is 0 Å². The third kappa shape index (κ3) is 7.29. The first kappa shape index (κ1) is 29.5. The van der Waals surface area contributed by atoms with Gasteiger partial charge in [0, 0.05) is 18.7 Å². The smallest absolute Gasteiger partial charge is 0.326 e. The van der Waals surface area contributed by atoms with Crippen molar-refractivity contribution in [3.8, 4) is 0 Å². The van der Waals surface area contributed by atoms with Crippen LogP contribution in [0.5, 0.6) is 0 Å². The number of carboxylic acid groups (broad SMARTS) is 2. The van der Waals surface area contributed by atoms with E-state index in [1.807, 2.05) is 0 Å². The van der Waals surface area contributed by atoms with Gasteiger partial charge in [0.1, 0.15) is 12.1 Å². The molecule has 1 amide bonds. The third-order valence-electron chi connectivity index (χ3n) is 6.40. The second-order valence-electron chi connectivity index (χ2n) is 9.33. The monoisotopic (exact) mass is 553 g/mol. The lowest BCUT2D eigenvalue weighted by Gasteiger charge is -2.17. The summed E-state index contributed by atoms with van der Waals surface area (Å²) in [6, 6.07) is -2.20. The molecule has 0 aromatic carbocycles. The van der Waals surface area contributed by atoms with E-state index in [0.717, 1.165) is 25.0 Å². The van der Waals surface area contributed by atoms with Gasteiger partial charge >= 0.3 is 11.9 Å². The van der Waals surface area contributed by atoms with Gasteiger partial charge in [0.15, 0.2) is 22.1 Å². The number of carboxylic acids is 2. The highest BCUT2D eigenvalue weighted by Gasteiger charge is 2.44. The van der Waals surface area contributed by atoms with Gasteiger partial charge in [-0.1, -0.05) is 37.2 Å². The normalized spacial score (nSPS) is 21.9. The first-order valence-electron chi connectivity index (χ1n) is 12.8. The van der Waals surface area contributed by atoms with E-state index < -0.39 is 54.5 Å². The lowest BCUT2D eigenvalue weighted by Crippen LogP contribution is -2.42. The first-order valence-corrected chi connectivity index (χ1v) is 13.7. The Hall–Kier alpha value is -3.04. The van der Waals surface area contributed by atoms with Crippen molar-refractivity contribution in [1.29, 1.82) is 0 Å². The predicted molar refractivity (Wildman–Crippen MR) is 138 cm³/mol. The summed E-state index contributed by atoms with van der Waals surface area (Å²) >= 11 is 1.50. The van der Waals surface area contributed by atoms with Crippen LogP contribution in [-0.2, 0) is 14.4 Å². The molecule has 2 aromatic heterocycles. The summed E-state index contributed by atoms with van der Waals surface area (Å²) in [6.07, 6.45) is 0.0982. The summed E-state index contributed by atoms with van der Waals surface area (Å²) in [4.78, 5) is 43.5. The fourth-order valence-electron chi connectivity index (χ4n) is 4.38. The lowest BCUT2D eigenvalue weighted by atomic mass is 9.98. The number of nitrogens with zero attached hydrogens (tertiary/aromatic N) is 5. The van der Waals surface area contributed by atoms with Gasteiger partial charge in [0.25, 0.3) is 0 Å². The van der Waals surface area contributed by atoms with Crippen LogP contribution in [0.25, 0.3) is 11.2 Å². The SMILES string of the molecule is CCCCNc1nc(SCCC)nc2c1nnn2[C@H]1C[C@@H](CCC(=O)N[C@@H](CC(=O)O)C(=O)O)C(O)[C@@H]1O. The Morgan fingerprint density at radius 3 is 2.55 bits per heavy atom. The zero-order chi connectivity index (χ0) is 27.8. The number of aliphatic hydroxyl groups excluding tert-OH is 2. The van der Waals surface area contributed by atoms with Gasteiger partial charge in [-0.05, 0) is 31.6 Å². The van der Waals surface area contributed by atoms with Gasteiger partial charge in [0.05, 0.1) is 18.6 Å². The average molecular weight is 554 g/mol. The number of aliphatic carboxylic acids is 2. The Labute approximate surface area is 223 Å². The van der Waals surface area contributed by atoms with E-state index in [9.17, 15) is 24.6 Å². The number of hydrogen-bond donors (Lipinski definition) is 6. The second kappa shape index (κ2) is 13.7. The van der Waals surface area contributed by atoms with Crippen molar-refractivity contribution in [3.05, 3.63) is 0 Å². The molecule has 0 saturated heterocycles. The molecule has 14 nitrogen and oxygen atoms in total. The molecule has 0 radical (unpaired) electrons. The number of anilines is 1. The molecule has 0 spiro atoms. The molecular formula is C23H35N7O7S. The largest absolute Gasteiger partial charge is 0.481 e. The molecule has 2 heterocycles. The number of hydrogen-bond acceptors (Lipinski definition) is 11. The Balaban J connectivity index is 1.75. The van der Waals surface area contributed by atoms with Gasteiger partial charge in [-0.2, -0.15) is 0 Å². The van der Waals surface area contributed by atoms with E-state index in [0.29, 0.717) is 28.7 Å². The van der Waals surface area contributed by atoms with Crippen LogP contribution >= 0.6 is 11.8 Å². The number of aliphatic hydroxyl groups is 2. The fourth-order valence-corrected chi connectivity index (χ4v) is 5.08. The standard InChI is InChI=1S/C23H35N7O7S/c1-3-5-8-24-20-17-21(27-23(26-20)38-9-4-2)30(29-28-17)14-10-12(18(34)19(14)35)6-7-15(31)25-13(22(36)37)11-16(32)33/h12-14,18-19,34-35H,3-11H2,1-2H3,(H,25,31)(H,32,33)(H,36,37)(H,24,26,27)/t12-,13+,14+,18?,19-/m1/s1. The van der Waals surface area contributed by atoms with Crippen molar-refractivity contribution in [2.24, 2.45) is 5.92 Å². The van der Waals surface area contributed by atoms with Crippen molar-refractivity contribution in [2.45, 2.75) is 88.2 Å². The zero-order valence-electron chi connectivity index (χ0n) is 21.4. The van der Waals surface area contributed by atoms with Gasteiger partial charge in [0.2, 0.25) is 5.91 Å². The minimum Gasteiger partial charge on any atom is -0.481 e. The van der Waals surface area contributed by atoms with Crippen LogP contribution in [0.4, 0.5) is 5.82 Å². The van der Waals surface area contributed by atoms with Gasteiger partial charge in [-0.3, -0.25) is 9.59 Å². The van der Waals surface area contributed by atoms with Crippen LogP contribution in [0.2, 0.25) is 0 Å². The lowest BCUT2D eigenvalue weighted by molar-refractivity contribution is -0.147. The number of carbonyl (C=O) groups is 3.